The number of benzene rings is 1. The molecule has 0 aliphatic rings. The van der Waals surface area contributed by atoms with Crippen molar-refractivity contribution in [1.82, 2.24) is 18.7 Å². The van der Waals surface area contributed by atoms with Crippen LogP contribution in [0.25, 0.3) is 11.2 Å². The first-order chi connectivity index (χ1) is 11.4. The topological polar surface area (TPSA) is 73.8 Å². The normalized spacial score (nSPS) is 12.5. The number of aromatic nitrogens is 4. The molecule has 1 N–H and O–H groups in total. The van der Waals surface area contributed by atoms with Crippen LogP contribution in [0.2, 0.25) is 0 Å². The van der Waals surface area contributed by atoms with Gasteiger partial charge >= 0.3 is 5.69 Å². The lowest BCUT2D eigenvalue weighted by molar-refractivity contribution is 0.705. The van der Waals surface area contributed by atoms with Gasteiger partial charge in [-0.25, -0.2) is 4.79 Å². The highest BCUT2D eigenvalue weighted by Gasteiger charge is 2.17. The number of nitrogens with zero attached hydrogens (tertiary/aromatic N) is 4. The lowest BCUT2D eigenvalue weighted by atomic mass is 10.1. The molecule has 1 unspecified atom stereocenters. The molecule has 3 aromatic rings. The molecule has 0 amide bonds. The van der Waals surface area contributed by atoms with Gasteiger partial charge in [0.15, 0.2) is 11.2 Å². The van der Waals surface area contributed by atoms with Gasteiger partial charge in [-0.15, -0.1) is 0 Å². The smallest absolute Gasteiger partial charge is 0.332 e. The minimum atomic E-state index is -0.380. The summed E-state index contributed by atoms with van der Waals surface area (Å²) in [6.45, 7) is 2.06. The van der Waals surface area contributed by atoms with Crippen molar-refractivity contribution in [3.63, 3.8) is 0 Å². The highest BCUT2D eigenvalue weighted by atomic mass is 16.2. The van der Waals surface area contributed by atoms with E-state index in [2.05, 4.69) is 29.4 Å². The van der Waals surface area contributed by atoms with Crippen molar-refractivity contribution in [3.05, 3.63) is 56.7 Å². The molecule has 126 valence electrons. The van der Waals surface area contributed by atoms with Gasteiger partial charge in [-0.2, -0.15) is 4.98 Å². The Bertz CT molecular complexity index is 998. The summed E-state index contributed by atoms with van der Waals surface area (Å²) in [7, 11) is 4.87. The average Bonchev–Trinajstić information content (AvgIpc) is 2.88. The minimum Gasteiger partial charge on any atom is -0.353 e. The second kappa shape index (κ2) is 5.99. The van der Waals surface area contributed by atoms with Crippen molar-refractivity contribution in [3.8, 4) is 0 Å². The van der Waals surface area contributed by atoms with Crippen molar-refractivity contribution in [2.75, 3.05) is 5.32 Å². The third kappa shape index (κ3) is 2.62. The van der Waals surface area contributed by atoms with E-state index in [1.54, 1.807) is 18.7 Å². The molecule has 1 aromatic carbocycles. The molecule has 0 fully saturated rings. The van der Waals surface area contributed by atoms with Crippen LogP contribution in [-0.2, 0) is 27.6 Å². The summed E-state index contributed by atoms with van der Waals surface area (Å²) in [4.78, 5) is 28.9. The highest BCUT2D eigenvalue weighted by Crippen LogP contribution is 2.15. The minimum absolute atomic E-state index is 0.129. The van der Waals surface area contributed by atoms with E-state index in [0.717, 1.165) is 11.0 Å². The summed E-state index contributed by atoms with van der Waals surface area (Å²) in [5.74, 6) is 0.576. The molecule has 0 aliphatic carbocycles. The molecule has 3 rings (SSSR count). The van der Waals surface area contributed by atoms with Crippen molar-refractivity contribution in [1.29, 1.82) is 0 Å². The van der Waals surface area contributed by atoms with Gasteiger partial charge in [-0.3, -0.25) is 13.9 Å². The van der Waals surface area contributed by atoms with E-state index in [1.807, 2.05) is 18.2 Å². The largest absolute Gasteiger partial charge is 0.353 e. The number of anilines is 1. The number of aryl methyl sites for hydroxylation is 2. The summed E-state index contributed by atoms with van der Waals surface area (Å²) in [6, 6.07) is 10.3. The van der Waals surface area contributed by atoms with Crippen molar-refractivity contribution < 1.29 is 0 Å². The van der Waals surface area contributed by atoms with Crippen LogP contribution in [0.3, 0.4) is 0 Å². The van der Waals surface area contributed by atoms with Crippen molar-refractivity contribution in [2.45, 2.75) is 19.4 Å². The van der Waals surface area contributed by atoms with Crippen LogP contribution in [0.5, 0.6) is 0 Å². The number of fused-ring (bicyclic) bond motifs is 1. The molecule has 2 heterocycles. The van der Waals surface area contributed by atoms with Crippen LogP contribution in [0.4, 0.5) is 5.95 Å². The van der Waals surface area contributed by atoms with E-state index >= 15 is 0 Å². The van der Waals surface area contributed by atoms with Crippen LogP contribution >= 0.6 is 0 Å². The first-order valence-corrected chi connectivity index (χ1v) is 7.83. The van der Waals surface area contributed by atoms with Crippen LogP contribution in [0.1, 0.15) is 12.5 Å². The first-order valence-electron chi connectivity index (χ1n) is 7.83. The first kappa shape index (κ1) is 16.0. The standard InChI is InChI=1S/C17H21N5O2/c1-11(10-12-8-6-5-7-9-12)18-16-19-14-13(20(16)2)15(23)22(4)17(24)21(14)3/h5-9,11H,10H2,1-4H3,(H,18,19). The van der Waals surface area contributed by atoms with E-state index in [4.69, 9.17) is 0 Å². The fourth-order valence-corrected chi connectivity index (χ4v) is 2.89. The Balaban J connectivity index is 1.98. The van der Waals surface area contributed by atoms with E-state index in [0.29, 0.717) is 17.1 Å². The average molecular weight is 327 g/mol. The quantitative estimate of drug-likeness (QED) is 0.776. The van der Waals surface area contributed by atoms with Crippen LogP contribution in [0.15, 0.2) is 39.9 Å². The molecule has 0 aliphatic heterocycles. The number of hydrogen-bond donors (Lipinski definition) is 1. The molecule has 1 atom stereocenters. The number of imidazole rings is 1. The molecule has 7 nitrogen and oxygen atoms in total. The van der Waals surface area contributed by atoms with Crippen LogP contribution in [0, 0.1) is 0 Å². The summed E-state index contributed by atoms with van der Waals surface area (Å²) in [5.41, 5.74) is 1.30. The van der Waals surface area contributed by atoms with Gasteiger partial charge in [-0.05, 0) is 18.9 Å². The predicted octanol–water partition coefficient (Wildman–Crippen LogP) is 1.01. The third-order valence-electron chi connectivity index (χ3n) is 4.24. The van der Waals surface area contributed by atoms with Gasteiger partial charge < -0.3 is 9.88 Å². The van der Waals surface area contributed by atoms with Gasteiger partial charge in [-0.1, -0.05) is 30.3 Å². The Hall–Kier alpha value is -2.83. The Kier molecular flexibility index (Phi) is 4.01. The van der Waals surface area contributed by atoms with Gasteiger partial charge in [0.25, 0.3) is 5.56 Å². The molecule has 0 radical (unpaired) electrons. The van der Waals surface area contributed by atoms with E-state index < -0.39 is 0 Å². The monoisotopic (exact) mass is 327 g/mol. The number of rotatable bonds is 4. The Morgan fingerprint density at radius 2 is 1.71 bits per heavy atom. The molecule has 0 saturated carbocycles. The summed E-state index contributed by atoms with van der Waals surface area (Å²) >= 11 is 0. The summed E-state index contributed by atoms with van der Waals surface area (Å²) in [6.07, 6.45) is 0.834. The maximum atomic E-state index is 12.4. The zero-order valence-electron chi connectivity index (χ0n) is 14.3. The van der Waals surface area contributed by atoms with Crippen LogP contribution in [-0.4, -0.2) is 24.7 Å². The highest BCUT2D eigenvalue weighted by molar-refractivity contribution is 5.74. The maximum absolute atomic E-state index is 12.4. The molecular weight excluding hydrogens is 306 g/mol. The molecule has 0 spiro atoms. The zero-order chi connectivity index (χ0) is 17.4. The SMILES string of the molecule is CC(Cc1ccccc1)Nc1nc2c(c(=O)n(C)c(=O)n2C)n1C. The molecule has 0 bridgehead atoms. The van der Waals surface area contributed by atoms with Gasteiger partial charge in [0.05, 0.1) is 0 Å². The predicted molar refractivity (Wildman–Crippen MR) is 94.4 cm³/mol. The van der Waals surface area contributed by atoms with Crippen molar-refractivity contribution in [2.24, 2.45) is 21.1 Å². The van der Waals surface area contributed by atoms with Gasteiger partial charge in [0.2, 0.25) is 5.95 Å². The Morgan fingerprint density at radius 1 is 1.04 bits per heavy atom. The Labute approximate surface area is 139 Å². The fraction of sp³-hybridized carbons (Fsp3) is 0.353. The van der Waals surface area contributed by atoms with E-state index in [1.165, 1.54) is 17.2 Å². The zero-order valence-corrected chi connectivity index (χ0v) is 14.3. The second-order valence-corrected chi connectivity index (χ2v) is 6.11. The molecule has 2 aromatic heterocycles. The lowest BCUT2D eigenvalue weighted by Crippen LogP contribution is -2.37. The summed E-state index contributed by atoms with van der Waals surface area (Å²) in [5, 5.41) is 3.33. The molecule has 0 saturated heterocycles. The number of nitrogens with one attached hydrogen (secondary N) is 1. The van der Waals surface area contributed by atoms with E-state index in [9.17, 15) is 9.59 Å². The third-order valence-corrected chi connectivity index (χ3v) is 4.24. The lowest BCUT2D eigenvalue weighted by Gasteiger charge is -2.14. The Morgan fingerprint density at radius 3 is 2.38 bits per heavy atom. The van der Waals surface area contributed by atoms with Gasteiger partial charge in [0, 0.05) is 27.2 Å². The van der Waals surface area contributed by atoms with Crippen molar-refractivity contribution >= 4 is 17.1 Å². The molecule has 7 heteroatoms. The van der Waals surface area contributed by atoms with Crippen LogP contribution < -0.4 is 16.6 Å². The summed E-state index contributed by atoms with van der Waals surface area (Å²) < 4.78 is 4.20. The van der Waals surface area contributed by atoms with Gasteiger partial charge in [0.1, 0.15) is 0 Å². The molecular formula is C17H21N5O2. The number of hydrogen-bond acceptors (Lipinski definition) is 4. The maximum Gasteiger partial charge on any atom is 0.332 e. The molecule has 24 heavy (non-hydrogen) atoms. The second-order valence-electron chi connectivity index (χ2n) is 6.11. The fourth-order valence-electron chi connectivity index (χ4n) is 2.89. The van der Waals surface area contributed by atoms with E-state index in [-0.39, 0.29) is 17.3 Å².